The normalized spacial score (nSPS) is 13.0. The van der Waals surface area contributed by atoms with E-state index in [0.29, 0.717) is 27.5 Å². The Balaban J connectivity index is 1.44. The molecular weight excluding hydrogens is 449 g/mol. The van der Waals surface area contributed by atoms with Gasteiger partial charge in [0.1, 0.15) is 5.82 Å². The molecule has 3 aromatic carbocycles. The number of rotatable bonds is 4. The third-order valence-corrected chi connectivity index (χ3v) is 5.74. The summed E-state index contributed by atoms with van der Waals surface area (Å²) in [5.74, 6) is -2.02. The van der Waals surface area contributed by atoms with Gasteiger partial charge in [-0.05, 0) is 58.8 Å². The molecule has 0 spiro atoms. The zero-order chi connectivity index (χ0) is 23.3. The van der Waals surface area contributed by atoms with Crippen molar-refractivity contribution >= 4 is 29.1 Å². The number of aromatic nitrogens is 4. The average Bonchev–Trinajstić information content (AvgIpc) is 3.27. The monoisotopic (exact) mass is 463 g/mol. The van der Waals surface area contributed by atoms with Gasteiger partial charge >= 0.3 is 5.69 Å². The Morgan fingerprint density at radius 3 is 2.42 bits per heavy atom. The molecule has 5 rings (SSSR count). The number of halogens is 2. The molecule has 10 heteroatoms. The van der Waals surface area contributed by atoms with Crippen molar-refractivity contribution in [2.75, 3.05) is 4.90 Å². The molecule has 0 unspecified atom stereocenters. The maximum Gasteiger partial charge on any atom is 0.368 e. The molecule has 2 heterocycles. The maximum absolute atomic E-state index is 14.1. The standard InChI is InChI=1S/C23H15ClFN5O3/c1-13-11-14(12-28-23(33)30(27-26-28)19-8-3-2-6-16(19)24)9-10-18(13)29-21(31)15-5-4-7-17(25)20(15)22(29)32/h2-11H,12H2,1H3. The average molecular weight is 464 g/mol. The highest BCUT2D eigenvalue weighted by atomic mass is 35.5. The fourth-order valence-corrected chi connectivity index (χ4v) is 4.07. The van der Waals surface area contributed by atoms with E-state index in [2.05, 4.69) is 10.4 Å². The highest BCUT2D eigenvalue weighted by molar-refractivity contribution is 6.34. The number of aryl methyl sites for hydroxylation is 1. The molecule has 33 heavy (non-hydrogen) atoms. The van der Waals surface area contributed by atoms with Gasteiger partial charge in [0, 0.05) is 0 Å². The number of carbonyl (C=O) groups is 2. The summed E-state index contributed by atoms with van der Waals surface area (Å²) in [6, 6.07) is 15.8. The van der Waals surface area contributed by atoms with Crippen LogP contribution in [0.3, 0.4) is 0 Å². The molecular formula is C23H15ClFN5O3. The second kappa shape index (κ2) is 7.79. The van der Waals surface area contributed by atoms with Crippen LogP contribution in [-0.2, 0) is 6.54 Å². The Hall–Kier alpha value is -4.11. The molecule has 0 fully saturated rings. The van der Waals surface area contributed by atoms with Crippen LogP contribution in [0.4, 0.5) is 10.1 Å². The van der Waals surface area contributed by atoms with E-state index in [-0.39, 0.29) is 17.7 Å². The van der Waals surface area contributed by atoms with Crippen molar-refractivity contribution in [3.63, 3.8) is 0 Å². The lowest BCUT2D eigenvalue weighted by molar-refractivity contribution is 0.0925. The molecule has 0 saturated carbocycles. The van der Waals surface area contributed by atoms with Crippen molar-refractivity contribution in [1.82, 2.24) is 19.8 Å². The van der Waals surface area contributed by atoms with Gasteiger partial charge in [-0.2, -0.15) is 9.36 Å². The van der Waals surface area contributed by atoms with Gasteiger partial charge in [-0.25, -0.2) is 14.1 Å². The lowest BCUT2D eigenvalue weighted by Gasteiger charge is -2.17. The number of anilines is 1. The Labute approximate surface area is 191 Å². The minimum Gasteiger partial charge on any atom is -0.268 e. The first-order chi connectivity index (χ1) is 15.9. The van der Waals surface area contributed by atoms with Crippen LogP contribution >= 0.6 is 11.6 Å². The molecule has 0 aliphatic carbocycles. The number of hydrogen-bond donors (Lipinski definition) is 0. The maximum atomic E-state index is 14.1. The van der Waals surface area contributed by atoms with Gasteiger partial charge in [0.05, 0.1) is 34.1 Å². The molecule has 0 saturated heterocycles. The SMILES string of the molecule is Cc1cc(Cn2nnn(-c3ccccc3Cl)c2=O)ccc1N1C(=O)c2cccc(F)c2C1=O. The van der Waals surface area contributed by atoms with Gasteiger partial charge in [0.25, 0.3) is 11.8 Å². The van der Waals surface area contributed by atoms with Gasteiger partial charge in [-0.1, -0.05) is 41.9 Å². The third kappa shape index (κ3) is 3.33. The Kier molecular flexibility index (Phi) is 4.90. The molecule has 1 aromatic heterocycles. The second-order valence-electron chi connectivity index (χ2n) is 7.51. The number of hydrogen-bond acceptors (Lipinski definition) is 5. The van der Waals surface area contributed by atoms with Gasteiger partial charge in [0.15, 0.2) is 0 Å². The number of benzene rings is 3. The predicted octanol–water partition coefficient (Wildman–Crippen LogP) is 3.38. The van der Waals surface area contributed by atoms with Gasteiger partial charge in [0.2, 0.25) is 0 Å². The first-order valence-corrected chi connectivity index (χ1v) is 10.3. The number of tetrazole rings is 1. The summed E-state index contributed by atoms with van der Waals surface area (Å²) >= 11 is 6.15. The van der Waals surface area contributed by atoms with Crippen LogP contribution in [0.5, 0.6) is 0 Å². The molecule has 164 valence electrons. The van der Waals surface area contributed by atoms with E-state index in [4.69, 9.17) is 11.6 Å². The first-order valence-electron chi connectivity index (χ1n) is 9.91. The quantitative estimate of drug-likeness (QED) is 0.433. The summed E-state index contributed by atoms with van der Waals surface area (Å²) in [5.41, 5.74) is 1.40. The van der Waals surface area contributed by atoms with Crippen LogP contribution in [-0.4, -0.2) is 31.6 Å². The minimum absolute atomic E-state index is 0.0335. The fourth-order valence-electron chi connectivity index (χ4n) is 3.85. The topological polar surface area (TPSA) is 90.1 Å². The number of fused-ring (bicyclic) bond motifs is 1. The van der Waals surface area contributed by atoms with Crippen molar-refractivity contribution in [2.45, 2.75) is 13.5 Å². The Morgan fingerprint density at radius 2 is 1.70 bits per heavy atom. The van der Waals surface area contributed by atoms with Crippen molar-refractivity contribution < 1.29 is 14.0 Å². The van der Waals surface area contributed by atoms with Crippen molar-refractivity contribution in [2.24, 2.45) is 0 Å². The summed E-state index contributed by atoms with van der Waals surface area (Å²) in [4.78, 5) is 39.2. The lowest BCUT2D eigenvalue weighted by Crippen LogP contribution is -2.30. The van der Waals surface area contributed by atoms with Crippen LogP contribution in [0, 0.1) is 12.7 Å². The van der Waals surface area contributed by atoms with E-state index >= 15 is 0 Å². The Bertz CT molecular complexity index is 1510. The summed E-state index contributed by atoms with van der Waals surface area (Å²) in [6.07, 6.45) is 0. The van der Waals surface area contributed by atoms with E-state index in [1.165, 1.54) is 16.8 Å². The highest BCUT2D eigenvalue weighted by Crippen LogP contribution is 2.32. The molecule has 2 amide bonds. The first kappa shape index (κ1) is 20.8. The molecule has 0 radical (unpaired) electrons. The fraction of sp³-hybridized carbons (Fsp3) is 0.0870. The van der Waals surface area contributed by atoms with E-state index < -0.39 is 23.3 Å². The smallest absolute Gasteiger partial charge is 0.268 e. The summed E-state index contributed by atoms with van der Waals surface area (Å²) in [7, 11) is 0. The molecule has 8 nitrogen and oxygen atoms in total. The molecule has 0 atom stereocenters. The second-order valence-corrected chi connectivity index (χ2v) is 7.92. The number of imide groups is 1. The number of para-hydroxylation sites is 1. The number of amides is 2. The highest BCUT2D eigenvalue weighted by Gasteiger charge is 2.39. The van der Waals surface area contributed by atoms with Crippen LogP contribution in [0.1, 0.15) is 31.8 Å². The summed E-state index contributed by atoms with van der Waals surface area (Å²) < 4.78 is 16.4. The molecule has 1 aliphatic heterocycles. The summed E-state index contributed by atoms with van der Waals surface area (Å²) in [5, 5.41) is 8.18. The van der Waals surface area contributed by atoms with Crippen molar-refractivity contribution in [3.05, 3.63) is 104 Å². The van der Waals surface area contributed by atoms with E-state index in [9.17, 15) is 18.8 Å². The van der Waals surface area contributed by atoms with Crippen LogP contribution in [0.25, 0.3) is 5.69 Å². The minimum atomic E-state index is -0.733. The van der Waals surface area contributed by atoms with Crippen molar-refractivity contribution in [1.29, 1.82) is 0 Å². The number of nitrogens with zero attached hydrogens (tertiary/aromatic N) is 5. The van der Waals surface area contributed by atoms with Gasteiger partial charge in [-0.15, -0.1) is 0 Å². The molecule has 0 N–H and O–H groups in total. The van der Waals surface area contributed by atoms with Gasteiger partial charge < -0.3 is 0 Å². The van der Waals surface area contributed by atoms with Crippen LogP contribution < -0.4 is 10.6 Å². The zero-order valence-electron chi connectivity index (χ0n) is 17.2. The predicted molar refractivity (Wildman–Crippen MR) is 118 cm³/mol. The molecule has 0 bridgehead atoms. The largest absolute Gasteiger partial charge is 0.368 e. The van der Waals surface area contributed by atoms with E-state index in [0.717, 1.165) is 15.6 Å². The molecule has 4 aromatic rings. The Morgan fingerprint density at radius 1 is 0.909 bits per heavy atom. The van der Waals surface area contributed by atoms with Gasteiger partial charge in [-0.3, -0.25) is 9.59 Å². The van der Waals surface area contributed by atoms with E-state index in [1.54, 1.807) is 49.4 Å². The van der Waals surface area contributed by atoms with Crippen LogP contribution in [0.15, 0.2) is 65.5 Å². The van der Waals surface area contributed by atoms with E-state index in [1.807, 2.05) is 0 Å². The van der Waals surface area contributed by atoms with Crippen LogP contribution in [0.2, 0.25) is 5.02 Å². The third-order valence-electron chi connectivity index (χ3n) is 5.42. The summed E-state index contributed by atoms with van der Waals surface area (Å²) in [6.45, 7) is 1.84. The van der Waals surface area contributed by atoms with Crippen molar-refractivity contribution in [3.8, 4) is 5.69 Å². The molecule has 1 aliphatic rings. The lowest BCUT2D eigenvalue weighted by atomic mass is 10.1. The number of carbonyl (C=O) groups excluding carboxylic acids is 2. The zero-order valence-corrected chi connectivity index (χ0v) is 18.0.